The van der Waals surface area contributed by atoms with E-state index in [1.165, 1.54) is 49.6 Å². The average Bonchev–Trinajstić information content (AvgIpc) is 3.15. The van der Waals surface area contributed by atoms with E-state index in [0.717, 1.165) is 36.9 Å². The second-order valence-corrected chi connectivity index (χ2v) is 7.89. The number of anilines is 2. The number of unbranched alkanes of at least 4 members (excludes halogenated alkanes) is 2. The molecule has 0 spiro atoms. The molecule has 0 radical (unpaired) electrons. The van der Waals surface area contributed by atoms with E-state index in [0.29, 0.717) is 5.75 Å². The number of thioether (sulfide) groups is 1. The molecule has 1 N–H and O–H groups in total. The first-order chi connectivity index (χ1) is 13.3. The Hall–Kier alpha value is -2.02. The summed E-state index contributed by atoms with van der Waals surface area (Å²) in [7, 11) is 0. The number of nitrogens with one attached hydrogen (secondary N) is 1. The lowest BCUT2D eigenvalue weighted by Gasteiger charge is -2.28. The summed E-state index contributed by atoms with van der Waals surface area (Å²) in [5.41, 5.74) is 2.08. The van der Waals surface area contributed by atoms with Crippen LogP contribution in [-0.4, -0.2) is 39.5 Å². The fourth-order valence-corrected chi connectivity index (χ4v) is 4.02. The van der Waals surface area contributed by atoms with Crippen LogP contribution in [0.25, 0.3) is 0 Å². The van der Waals surface area contributed by atoms with Crippen LogP contribution in [0.4, 0.5) is 11.4 Å². The summed E-state index contributed by atoms with van der Waals surface area (Å²) in [6.45, 7) is 5.34. The van der Waals surface area contributed by atoms with Crippen LogP contribution in [0.3, 0.4) is 0 Å². The van der Waals surface area contributed by atoms with E-state index in [1.54, 1.807) is 6.33 Å². The summed E-state index contributed by atoms with van der Waals surface area (Å²) in [5, 5.41) is 11.9. The number of carbonyl (C=O) groups is 1. The quantitative estimate of drug-likeness (QED) is 0.516. The molecule has 7 heteroatoms. The van der Waals surface area contributed by atoms with Gasteiger partial charge in [0.05, 0.1) is 5.75 Å². The Bertz CT molecular complexity index is 709. The summed E-state index contributed by atoms with van der Waals surface area (Å²) in [5.74, 6) is 0.314. The van der Waals surface area contributed by atoms with Crippen molar-refractivity contribution in [3.8, 4) is 0 Å². The third-order valence-corrected chi connectivity index (χ3v) is 5.77. The van der Waals surface area contributed by atoms with Gasteiger partial charge in [-0.3, -0.25) is 4.79 Å². The molecule has 27 heavy (non-hydrogen) atoms. The van der Waals surface area contributed by atoms with Crippen molar-refractivity contribution in [2.75, 3.05) is 29.1 Å². The predicted molar refractivity (Wildman–Crippen MR) is 111 cm³/mol. The number of carbonyl (C=O) groups excluding carboxylic acids is 1. The zero-order valence-corrected chi connectivity index (χ0v) is 16.9. The molecule has 0 atom stereocenters. The van der Waals surface area contributed by atoms with Crippen LogP contribution in [-0.2, 0) is 11.3 Å². The fourth-order valence-electron chi connectivity index (χ4n) is 3.28. The number of nitrogens with zero attached hydrogens (tertiary/aromatic N) is 4. The number of amides is 1. The van der Waals surface area contributed by atoms with E-state index in [-0.39, 0.29) is 5.91 Å². The maximum absolute atomic E-state index is 12.3. The third kappa shape index (κ3) is 5.99. The molecule has 6 nitrogen and oxygen atoms in total. The van der Waals surface area contributed by atoms with Gasteiger partial charge in [0, 0.05) is 31.0 Å². The Morgan fingerprint density at radius 3 is 2.67 bits per heavy atom. The van der Waals surface area contributed by atoms with Crippen LogP contribution in [0.5, 0.6) is 0 Å². The van der Waals surface area contributed by atoms with Gasteiger partial charge in [-0.05, 0) is 49.9 Å². The highest BCUT2D eigenvalue weighted by molar-refractivity contribution is 7.99. The molecule has 0 saturated carbocycles. The van der Waals surface area contributed by atoms with Crippen LogP contribution < -0.4 is 10.2 Å². The zero-order chi connectivity index (χ0) is 18.9. The molecule has 1 aromatic carbocycles. The van der Waals surface area contributed by atoms with E-state index >= 15 is 0 Å². The number of benzene rings is 1. The van der Waals surface area contributed by atoms with Gasteiger partial charge in [-0.2, -0.15) is 0 Å². The number of piperidine rings is 1. The van der Waals surface area contributed by atoms with Crippen LogP contribution in [0.2, 0.25) is 0 Å². The second kappa shape index (κ2) is 10.3. The molecule has 2 heterocycles. The summed E-state index contributed by atoms with van der Waals surface area (Å²) < 4.78 is 2.03. The molecule has 1 aromatic heterocycles. The van der Waals surface area contributed by atoms with Crippen molar-refractivity contribution in [1.82, 2.24) is 14.8 Å². The standard InChI is InChI=1S/C20H29N5OS/c1-2-3-5-14-25-16-21-23-20(25)27-15-19(26)22-17-8-10-18(11-9-17)24-12-6-4-7-13-24/h8-11,16H,2-7,12-15H2,1H3,(H,22,26). The first-order valence-electron chi connectivity index (χ1n) is 9.91. The topological polar surface area (TPSA) is 63.1 Å². The van der Waals surface area contributed by atoms with Gasteiger partial charge in [0.25, 0.3) is 0 Å². The third-order valence-electron chi connectivity index (χ3n) is 4.79. The highest BCUT2D eigenvalue weighted by atomic mass is 32.2. The first kappa shape index (κ1) is 19.7. The van der Waals surface area contributed by atoms with Crippen molar-refractivity contribution in [2.24, 2.45) is 0 Å². The van der Waals surface area contributed by atoms with Gasteiger partial charge in [-0.25, -0.2) is 0 Å². The lowest BCUT2D eigenvalue weighted by Crippen LogP contribution is -2.29. The van der Waals surface area contributed by atoms with E-state index in [4.69, 9.17) is 0 Å². The fraction of sp³-hybridized carbons (Fsp3) is 0.550. The maximum Gasteiger partial charge on any atom is 0.234 e. The van der Waals surface area contributed by atoms with Gasteiger partial charge in [0.1, 0.15) is 6.33 Å². The van der Waals surface area contributed by atoms with Gasteiger partial charge in [0.2, 0.25) is 5.91 Å². The van der Waals surface area contributed by atoms with Crippen molar-refractivity contribution in [3.63, 3.8) is 0 Å². The number of rotatable bonds is 9. The zero-order valence-electron chi connectivity index (χ0n) is 16.1. The summed E-state index contributed by atoms with van der Waals surface area (Å²) in [6.07, 6.45) is 9.08. The molecule has 146 valence electrons. The minimum atomic E-state index is -0.0196. The van der Waals surface area contributed by atoms with E-state index < -0.39 is 0 Å². The van der Waals surface area contributed by atoms with Crippen LogP contribution in [0, 0.1) is 0 Å². The average molecular weight is 388 g/mol. The Morgan fingerprint density at radius 2 is 1.93 bits per heavy atom. The van der Waals surface area contributed by atoms with E-state index in [2.05, 4.69) is 39.5 Å². The highest BCUT2D eigenvalue weighted by Crippen LogP contribution is 2.22. The van der Waals surface area contributed by atoms with Gasteiger partial charge >= 0.3 is 0 Å². The minimum absolute atomic E-state index is 0.0196. The second-order valence-electron chi connectivity index (χ2n) is 6.95. The largest absolute Gasteiger partial charge is 0.372 e. The van der Waals surface area contributed by atoms with Crippen LogP contribution in [0.15, 0.2) is 35.7 Å². The number of hydrogen-bond donors (Lipinski definition) is 1. The van der Waals surface area contributed by atoms with Crippen molar-refractivity contribution >= 4 is 29.0 Å². The summed E-state index contributed by atoms with van der Waals surface area (Å²) in [6, 6.07) is 8.16. The normalized spacial score (nSPS) is 14.3. The van der Waals surface area contributed by atoms with Gasteiger partial charge in [-0.1, -0.05) is 31.5 Å². The Kier molecular flexibility index (Phi) is 7.56. The monoisotopic (exact) mass is 387 g/mol. The van der Waals surface area contributed by atoms with Gasteiger partial charge in [-0.15, -0.1) is 10.2 Å². The number of hydrogen-bond acceptors (Lipinski definition) is 5. The van der Waals surface area contributed by atoms with Crippen molar-refractivity contribution in [2.45, 2.75) is 57.1 Å². The Balaban J connectivity index is 1.46. The maximum atomic E-state index is 12.3. The van der Waals surface area contributed by atoms with Gasteiger partial charge < -0.3 is 14.8 Å². The molecule has 1 aliphatic rings. The first-order valence-corrected chi connectivity index (χ1v) is 10.9. The predicted octanol–water partition coefficient (Wildman–Crippen LogP) is 4.19. The van der Waals surface area contributed by atoms with Crippen molar-refractivity contribution < 1.29 is 4.79 Å². The smallest absolute Gasteiger partial charge is 0.234 e. The molecule has 0 unspecified atom stereocenters. The molecule has 2 aromatic rings. The highest BCUT2D eigenvalue weighted by Gasteiger charge is 2.12. The molecule has 0 aliphatic carbocycles. The molecule has 1 aliphatic heterocycles. The lowest BCUT2D eigenvalue weighted by molar-refractivity contribution is -0.113. The van der Waals surface area contributed by atoms with Crippen LogP contribution >= 0.6 is 11.8 Å². The van der Waals surface area contributed by atoms with Gasteiger partial charge in [0.15, 0.2) is 5.16 Å². The molecule has 3 rings (SSSR count). The molecule has 1 fully saturated rings. The number of aryl methyl sites for hydroxylation is 1. The molecular formula is C20H29N5OS. The van der Waals surface area contributed by atoms with Crippen LogP contribution in [0.1, 0.15) is 45.4 Å². The lowest BCUT2D eigenvalue weighted by atomic mass is 10.1. The van der Waals surface area contributed by atoms with Crippen molar-refractivity contribution in [1.29, 1.82) is 0 Å². The Morgan fingerprint density at radius 1 is 1.15 bits per heavy atom. The molecule has 1 amide bonds. The molecule has 1 saturated heterocycles. The SMILES string of the molecule is CCCCCn1cnnc1SCC(=O)Nc1ccc(N2CCCCC2)cc1. The summed E-state index contributed by atoms with van der Waals surface area (Å²) in [4.78, 5) is 14.7. The number of aromatic nitrogens is 3. The summed E-state index contributed by atoms with van der Waals surface area (Å²) >= 11 is 1.43. The molecular weight excluding hydrogens is 358 g/mol. The van der Waals surface area contributed by atoms with E-state index in [9.17, 15) is 4.79 Å². The van der Waals surface area contributed by atoms with E-state index in [1.807, 2.05) is 16.7 Å². The molecule has 0 bridgehead atoms. The Labute approximate surface area is 165 Å². The van der Waals surface area contributed by atoms with Crippen molar-refractivity contribution in [3.05, 3.63) is 30.6 Å². The minimum Gasteiger partial charge on any atom is -0.372 e.